The summed E-state index contributed by atoms with van der Waals surface area (Å²) in [6.45, 7) is 0. The number of hydrogen-bond acceptors (Lipinski definition) is 5. The summed E-state index contributed by atoms with van der Waals surface area (Å²) in [5, 5.41) is 10.5. The van der Waals surface area contributed by atoms with E-state index in [1.807, 2.05) is 5.32 Å². The predicted octanol–water partition coefficient (Wildman–Crippen LogP) is 4.37. The van der Waals surface area contributed by atoms with E-state index in [1.165, 1.54) is 18.2 Å². The number of pyridine rings is 1. The lowest BCUT2D eigenvalue weighted by molar-refractivity contribution is -0.143. The first-order valence-corrected chi connectivity index (χ1v) is 8.66. The van der Waals surface area contributed by atoms with Gasteiger partial charge in [-0.25, -0.2) is 13.4 Å². The van der Waals surface area contributed by atoms with Gasteiger partial charge in [-0.2, -0.15) is 31.6 Å². The van der Waals surface area contributed by atoms with Gasteiger partial charge in [-0.3, -0.25) is 0 Å². The molecule has 0 aliphatic rings. The maximum Gasteiger partial charge on any atom is 0.416 e. The molecule has 0 aliphatic carbocycles. The zero-order chi connectivity index (χ0) is 21.2. The van der Waals surface area contributed by atoms with Crippen LogP contribution in [-0.4, -0.2) is 13.4 Å². The third-order valence-electron chi connectivity index (χ3n) is 3.27. The van der Waals surface area contributed by atoms with Gasteiger partial charge in [0.2, 0.25) is 9.84 Å². The molecular formula is C16H9F6N3O2S. The Hall–Kier alpha value is -3.07. The number of hydrogen-bond donors (Lipinski definition) is 1. The Balaban J connectivity index is 2.48. The minimum Gasteiger partial charge on any atom is -0.360 e. The smallest absolute Gasteiger partial charge is 0.360 e. The summed E-state index contributed by atoms with van der Waals surface area (Å²) in [6.07, 6.45) is -8.50. The molecule has 0 saturated heterocycles. The summed E-state index contributed by atoms with van der Waals surface area (Å²) >= 11 is 0. The topological polar surface area (TPSA) is 82.9 Å². The Morgan fingerprint density at radius 1 is 1.04 bits per heavy atom. The van der Waals surface area contributed by atoms with E-state index in [4.69, 9.17) is 5.26 Å². The van der Waals surface area contributed by atoms with Gasteiger partial charge in [0.15, 0.2) is 9.93 Å². The van der Waals surface area contributed by atoms with E-state index in [-0.39, 0.29) is 6.07 Å². The number of anilines is 1. The van der Waals surface area contributed by atoms with Crippen molar-refractivity contribution < 1.29 is 34.8 Å². The molecule has 2 rings (SSSR count). The number of nitriles is 1. The first kappa shape index (κ1) is 21.2. The molecule has 2 aromatic rings. The molecule has 0 unspecified atom stereocenters. The van der Waals surface area contributed by atoms with Gasteiger partial charge >= 0.3 is 12.4 Å². The van der Waals surface area contributed by atoms with Crippen LogP contribution in [0.5, 0.6) is 0 Å². The van der Waals surface area contributed by atoms with E-state index in [0.29, 0.717) is 18.3 Å². The molecule has 5 nitrogen and oxygen atoms in total. The van der Waals surface area contributed by atoms with Crippen LogP contribution in [0.25, 0.3) is 0 Å². The fourth-order valence-electron chi connectivity index (χ4n) is 1.98. The number of nitrogens with one attached hydrogen (secondary N) is 1. The first-order valence-electron chi connectivity index (χ1n) is 7.18. The van der Waals surface area contributed by atoms with Crippen molar-refractivity contribution in [3.05, 3.63) is 64.8 Å². The van der Waals surface area contributed by atoms with E-state index >= 15 is 0 Å². The predicted molar refractivity (Wildman–Crippen MR) is 85.2 cm³/mol. The van der Waals surface area contributed by atoms with E-state index in [0.717, 1.165) is 12.3 Å². The highest BCUT2D eigenvalue weighted by molar-refractivity contribution is 7.95. The molecule has 0 radical (unpaired) electrons. The van der Waals surface area contributed by atoms with Crippen molar-refractivity contribution in [2.24, 2.45) is 0 Å². The number of alkyl halides is 6. The molecule has 0 aliphatic heterocycles. The van der Waals surface area contributed by atoms with Crippen LogP contribution in [0, 0.1) is 11.3 Å². The highest BCUT2D eigenvalue weighted by Gasteiger charge is 2.37. The Bertz CT molecular complexity index is 1010. The molecule has 148 valence electrons. The van der Waals surface area contributed by atoms with Gasteiger partial charge in [0.05, 0.1) is 11.1 Å². The van der Waals surface area contributed by atoms with Crippen molar-refractivity contribution in [1.29, 1.82) is 5.26 Å². The normalized spacial score (nSPS) is 13.1. The third kappa shape index (κ3) is 4.80. The molecule has 1 N–H and O–H groups in total. The maximum atomic E-state index is 12.8. The second-order valence-electron chi connectivity index (χ2n) is 5.23. The Labute approximate surface area is 154 Å². The minimum atomic E-state index is -5.07. The molecule has 0 spiro atoms. The number of nitrogens with zero attached hydrogens (tertiary/aromatic N) is 2. The Morgan fingerprint density at radius 3 is 2.04 bits per heavy atom. The van der Waals surface area contributed by atoms with Crippen LogP contribution in [0.15, 0.2) is 58.7 Å². The Morgan fingerprint density at radius 2 is 1.61 bits per heavy atom. The van der Waals surface area contributed by atoms with Crippen molar-refractivity contribution in [1.82, 2.24) is 4.98 Å². The van der Waals surface area contributed by atoms with Crippen molar-refractivity contribution in [2.45, 2.75) is 17.4 Å². The van der Waals surface area contributed by atoms with Gasteiger partial charge in [-0.05, 0) is 30.3 Å². The van der Waals surface area contributed by atoms with Crippen LogP contribution in [0.2, 0.25) is 0 Å². The molecule has 0 atom stereocenters. The molecule has 0 fully saturated rings. The summed E-state index contributed by atoms with van der Waals surface area (Å²) in [7, 11) is -4.42. The van der Waals surface area contributed by atoms with E-state index in [2.05, 4.69) is 4.98 Å². The summed E-state index contributed by atoms with van der Waals surface area (Å²) in [4.78, 5) is 2.61. The van der Waals surface area contributed by atoms with Crippen LogP contribution in [0.3, 0.4) is 0 Å². The van der Waals surface area contributed by atoms with Crippen molar-refractivity contribution in [3.63, 3.8) is 0 Å². The highest BCUT2D eigenvalue weighted by Crippen LogP contribution is 2.37. The van der Waals surface area contributed by atoms with Gasteiger partial charge in [-0.15, -0.1) is 0 Å². The van der Waals surface area contributed by atoms with Crippen LogP contribution >= 0.6 is 0 Å². The largest absolute Gasteiger partial charge is 0.416 e. The molecule has 28 heavy (non-hydrogen) atoms. The molecule has 1 aromatic heterocycles. The first-order chi connectivity index (χ1) is 12.9. The van der Waals surface area contributed by atoms with Crippen molar-refractivity contribution >= 4 is 15.5 Å². The maximum absolute atomic E-state index is 12.8. The second kappa shape index (κ2) is 7.51. The zero-order valence-corrected chi connectivity index (χ0v) is 14.3. The van der Waals surface area contributed by atoms with Gasteiger partial charge in [0, 0.05) is 18.1 Å². The van der Waals surface area contributed by atoms with Gasteiger partial charge in [-0.1, -0.05) is 6.07 Å². The lowest BCUT2D eigenvalue weighted by Crippen LogP contribution is -2.12. The second-order valence-corrected chi connectivity index (χ2v) is 7.10. The SMILES string of the molecule is N#C/C(=C\Nc1cc(C(F)(F)F)cc(C(F)(F)F)c1)S(=O)(=O)c1ccccn1. The number of aromatic nitrogens is 1. The van der Waals surface area contributed by atoms with Crippen LogP contribution in [0.1, 0.15) is 11.1 Å². The molecule has 1 heterocycles. The lowest BCUT2D eigenvalue weighted by Gasteiger charge is -2.14. The fraction of sp³-hybridized carbons (Fsp3) is 0.125. The molecule has 12 heteroatoms. The average molecular weight is 421 g/mol. The number of sulfone groups is 1. The van der Waals surface area contributed by atoms with Crippen LogP contribution in [-0.2, 0) is 22.2 Å². The number of halogens is 6. The number of allylic oxidation sites excluding steroid dienone is 1. The molecule has 0 bridgehead atoms. The quantitative estimate of drug-likeness (QED) is 0.586. The number of benzene rings is 1. The molecule has 0 amide bonds. The lowest BCUT2D eigenvalue weighted by atomic mass is 10.1. The minimum absolute atomic E-state index is 0.0786. The summed E-state index contributed by atoms with van der Waals surface area (Å²) in [6, 6.07) is 5.77. The van der Waals surface area contributed by atoms with Crippen LogP contribution in [0.4, 0.5) is 32.0 Å². The fourth-order valence-corrected chi connectivity index (χ4v) is 2.99. The standard InChI is InChI=1S/C16H9F6N3O2S/c17-15(18,19)10-5-11(16(20,21)22)7-12(6-10)25-9-13(8-23)28(26,27)14-3-1-2-4-24-14/h1-7,9,25H/b13-9+. The highest BCUT2D eigenvalue weighted by atomic mass is 32.2. The van der Waals surface area contributed by atoms with E-state index in [9.17, 15) is 34.8 Å². The van der Waals surface area contributed by atoms with E-state index < -0.39 is 48.9 Å². The summed E-state index contributed by atoms with van der Waals surface area (Å²) in [5.74, 6) is 0. The number of rotatable bonds is 4. The zero-order valence-electron chi connectivity index (χ0n) is 13.5. The van der Waals surface area contributed by atoms with Crippen molar-refractivity contribution in [2.75, 3.05) is 5.32 Å². The van der Waals surface area contributed by atoms with Gasteiger partial charge in [0.1, 0.15) is 6.07 Å². The van der Waals surface area contributed by atoms with Crippen LogP contribution < -0.4 is 5.32 Å². The van der Waals surface area contributed by atoms with E-state index in [1.54, 1.807) is 0 Å². The molecule has 0 saturated carbocycles. The van der Waals surface area contributed by atoms with Gasteiger partial charge < -0.3 is 5.32 Å². The van der Waals surface area contributed by atoms with Crippen molar-refractivity contribution in [3.8, 4) is 6.07 Å². The Kier molecular flexibility index (Phi) is 5.70. The summed E-state index contributed by atoms with van der Waals surface area (Å²) < 4.78 is 102. The van der Waals surface area contributed by atoms with Gasteiger partial charge in [0.25, 0.3) is 0 Å². The third-order valence-corrected chi connectivity index (χ3v) is 4.85. The molecular weight excluding hydrogens is 412 g/mol. The monoisotopic (exact) mass is 421 g/mol. The summed E-state index contributed by atoms with van der Waals surface area (Å²) in [5.41, 5.74) is -3.89. The average Bonchev–Trinajstić information content (AvgIpc) is 2.61. The molecule has 1 aromatic carbocycles.